The van der Waals surface area contributed by atoms with Crippen molar-refractivity contribution in [1.29, 1.82) is 0 Å². The summed E-state index contributed by atoms with van der Waals surface area (Å²) < 4.78 is 5.42. The van der Waals surface area contributed by atoms with E-state index < -0.39 is 0 Å². The molecule has 0 N–H and O–H groups in total. The SMILES string of the molecule is CC(C)Cc1noc(CN2CCN(Cc3cccc4ccccc34)CC2)n1. The summed E-state index contributed by atoms with van der Waals surface area (Å²) in [6, 6.07) is 15.3. The first-order valence-electron chi connectivity index (χ1n) is 9.90. The van der Waals surface area contributed by atoms with Crippen LogP contribution in [0.15, 0.2) is 47.0 Å². The molecule has 5 heteroatoms. The van der Waals surface area contributed by atoms with Gasteiger partial charge in [-0.1, -0.05) is 61.5 Å². The van der Waals surface area contributed by atoms with Gasteiger partial charge in [-0.15, -0.1) is 0 Å². The first-order chi connectivity index (χ1) is 13.2. The number of nitrogens with zero attached hydrogens (tertiary/aromatic N) is 4. The summed E-state index contributed by atoms with van der Waals surface area (Å²) in [6.45, 7) is 10.3. The van der Waals surface area contributed by atoms with E-state index in [4.69, 9.17) is 4.52 Å². The van der Waals surface area contributed by atoms with Crippen LogP contribution >= 0.6 is 0 Å². The van der Waals surface area contributed by atoms with Crippen molar-refractivity contribution >= 4 is 10.8 Å². The highest BCUT2D eigenvalue weighted by Gasteiger charge is 2.20. The van der Waals surface area contributed by atoms with E-state index in [9.17, 15) is 0 Å². The lowest BCUT2D eigenvalue weighted by Gasteiger charge is -2.34. The van der Waals surface area contributed by atoms with Gasteiger partial charge in [-0.3, -0.25) is 9.80 Å². The normalized spacial score (nSPS) is 16.4. The first-order valence-corrected chi connectivity index (χ1v) is 9.90. The lowest BCUT2D eigenvalue weighted by Crippen LogP contribution is -2.45. The molecule has 1 aromatic heterocycles. The highest BCUT2D eigenvalue weighted by Crippen LogP contribution is 2.20. The lowest BCUT2D eigenvalue weighted by atomic mass is 10.0. The molecule has 2 aromatic carbocycles. The minimum absolute atomic E-state index is 0.549. The Bertz CT molecular complexity index is 875. The summed E-state index contributed by atoms with van der Waals surface area (Å²) in [4.78, 5) is 9.48. The molecule has 1 saturated heterocycles. The van der Waals surface area contributed by atoms with Gasteiger partial charge < -0.3 is 4.52 Å². The minimum atomic E-state index is 0.549. The van der Waals surface area contributed by atoms with E-state index >= 15 is 0 Å². The predicted molar refractivity (Wildman–Crippen MR) is 107 cm³/mol. The number of rotatable bonds is 6. The van der Waals surface area contributed by atoms with Gasteiger partial charge in [0, 0.05) is 39.1 Å². The number of hydrogen-bond donors (Lipinski definition) is 0. The van der Waals surface area contributed by atoms with E-state index in [-0.39, 0.29) is 0 Å². The van der Waals surface area contributed by atoms with Crippen LogP contribution in [0.4, 0.5) is 0 Å². The van der Waals surface area contributed by atoms with Crippen LogP contribution in [0.1, 0.15) is 31.1 Å². The molecule has 142 valence electrons. The topological polar surface area (TPSA) is 45.4 Å². The number of hydrogen-bond acceptors (Lipinski definition) is 5. The fourth-order valence-electron chi connectivity index (χ4n) is 3.77. The Labute approximate surface area is 161 Å². The highest BCUT2D eigenvalue weighted by molar-refractivity contribution is 5.85. The maximum atomic E-state index is 5.42. The number of aromatic nitrogens is 2. The molecule has 1 fully saturated rings. The second-order valence-electron chi connectivity index (χ2n) is 7.89. The largest absolute Gasteiger partial charge is 0.338 e. The molecule has 0 bridgehead atoms. The van der Waals surface area contributed by atoms with E-state index in [0.717, 1.165) is 57.4 Å². The minimum Gasteiger partial charge on any atom is -0.338 e. The van der Waals surface area contributed by atoms with Crippen LogP contribution < -0.4 is 0 Å². The van der Waals surface area contributed by atoms with E-state index in [0.29, 0.717) is 5.92 Å². The molecule has 3 aromatic rings. The van der Waals surface area contributed by atoms with Gasteiger partial charge in [-0.25, -0.2) is 0 Å². The fourth-order valence-corrected chi connectivity index (χ4v) is 3.77. The van der Waals surface area contributed by atoms with Gasteiger partial charge in [-0.05, 0) is 22.3 Å². The molecular formula is C22H28N4O. The Morgan fingerprint density at radius 1 is 0.926 bits per heavy atom. The second-order valence-corrected chi connectivity index (χ2v) is 7.89. The summed E-state index contributed by atoms with van der Waals surface area (Å²) in [5.74, 6) is 2.12. The number of benzene rings is 2. The van der Waals surface area contributed by atoms with Gasteiger partial charge in [0.2, 0.25) is 5.89 Å². The van der Waals surface area contributed by atoms with Gasteiger partial charge in [0.1, 0.15) is 0 Å². The number of fused-ring (bicyclic) bond motifs is 1. The van der Waals surface area contributed by atoms with Crippen LogP contribution in [0.2, 0.25) is 0 Å². The molecule has 2 heterocycles. The maximum absolute atomic E-state index is 5.42. The van der Waals surface area contributed by atoms with Crippen molar-refractivity contribution in [1.82, 2.24) is 19.9 Å². The highest BCUT2D eigenvalue weighted by atomic mass is 16.5. The zero-order chi connectivity index (χ0) is 18.6. The Balaban J connectivity index is 1.32. The zero-order valence-electron chi connectivity index (χ0n) is 16.3. The summed E-state index contributed by atoms with van der Waals surface area (Å²) >= 11 is 0. The maximum Gasteiger partial charge on any atom is 0.240 e. The van der Waals surface area contributed by atoms with E-state index in [1.54, 1.807) is 0 Å². The fraction of sp³-hybridized carbons (Fsp3) is 0.455. The van der Waals surface area contributed by atoms with Crippen LogP contribution in [0.3, 0.4) is 0 Å². The Hall–Kier alpha value is -2.24. The van der Waals surface area contributed by atoms with Gasteiger partial charge in [0.05, 0.1) is 6.54 Å². The standard InChI is InChI=1S/C22H28N4O/c1-17(2)14-21-23-22(27-24-21)16-26-12-10-25(11-13-26)15-19-8-5-7-18-6-3-4-9-20(18)19/h3-9,17H,10-16H2,1-2H3. The third-order valence-electron chi connectivity index (χ3n) is 5.20. The van der Waals surface area contributed by atoms with E-state index in [2.05, 4.69) is 76.3 Å². The smallest absolute Gasteiger partial charge is 0.240 e. The Morgan fingerprint density at radius 3 is 2.41 bits per heavy atom. The van der Waals surface area contributed by atoms with Gasteiger partial charge >= 0.3 is 0 Å². The third-order valence-corrected chi connectivity index (χ3v) is 5.20. The van der Waals surface area contributed by atoms with Crippen molar-refractivity contribution in [2.75, 3.05) is 26.2 Å². The van der Waals surface area contributed by atoms with Crippen molar-refractivity contribution in [3.8, 4) is 0 Å². The molecule has 0 spiro atoms. The van der Waals surface area contributed by atoms with Crippen LogP contribution in [0, 0.1) is 5.92 Å². The Morgan fingerprint density at radius 2 is 1.63 bits per heavy atom. The predicted octanol–water partition coefficient (Wildman–Crippen LogP) is 3.74. The molecule has 0 radical (unpaired) electrons. The molecule has 27 heavy (non-hydrogen) atoms. The molecule has 0 atom stereocenters. The van der Waals surface area contributed by atoms with Crippen LogP contribution in [0.5, 0.6) is 0 Å². The van der Waals surface area contributed by atoms with Crippen molar-refractivity contribution in [3.05, 3.63) is 59.7 Å². The molecule has 0 aliphatic carbocycles. The van der Waals surface area contributed by atoms with Crippen molar-refractivity contribution in [2.24, 2.45) is 5.92 Å². The van der Waals surface area contributed by atoms with Crippen molar-refractivity contribution < 1.29 is 4.52 Å². The van der Waals surface area contributed by atoms with Crippen LogP contribution in [0.25, 0.3) is 10.8 Å². The molecule has 5 nitrogen and oxygen atoms in total. The van der Waals surface area contributed by atoms with Crippen molar-refractivity contribution in [3.63, 3.8) is 0 Å². The van der Waals surface area contributed by atoms with Crippen molar-refractivity contribution in [2.45, 2.75) is 33.4 Å². The molecule has 1 aliphatic heterocycles. The van der Waals surface area contributed by atoms with E-state index in [1.165, 1.54) is 16.3 Å². The van der Waals surface area contributed by atoms with Crippen LogP contribution in [-0.4, -0.2) is 46.1 Å². The summed E-state index contributed by atoms with van der Waals surface area (Å²) in [6.07, 6.45) is 0.877. The van der Waals surface area contributed by atoms with Gasteiger partial charge in [0.25, 0.3) is 0 Å². The molecule has 0 amide bonds. The Kier molecular flexibility index (Phi) is 5.50. The lowest BCUT2D eigenvalue weighted by molar-refractivity contribution is 0.112. The average Bonchev–Trinajstić information content (AvgIpc) is 3.10. The monoisotopic (exact) mass is 364 g/mol. The third kappa shape index (κ3) is 4.54. The molecule has 4 rings (SSSR count). The molecular weight excluding hydrogens is 336 g/mol. The molecule has 0 saturated carbocycles. The van der Waals surface area contributed by atoms with Crippen LogP contribution in [-0.2, 0) is 19.5 Å². The summed E-state index contributed by atoms with van der Waals surface area (Å²) in [5.41, 5.74) is 1.41. The van der Waals surface area contributed by atoms with Gasteiger partial charge in [-0.2, -0.15) is 4.98 Å². The van der Waals surface area contributed by atoms with Gasteiger partial charge in [0.15, 0.2) is 5.82 Å². The first kappa shape index (κ1) is 18.1. The number of piperazine rings is 1. The zero-order valence-corrected chi connectivity index (χ0v) is 16.3. The molecule has 0 unspecified atom stereocenters. The summed E-state index contributed by atoms with van der Waals surface area (Å²) in [7, 11) is 0. The quantitative estimate of drug-likeness (QED) is 0.667. The second kappa shape index (κ2) is 8.19. The average molecular weight is 364 g/mol. The summed E-state index contributed by atoms with van der Waals surface area (Å²) in [5, 5.41) is 6.79. The van der Waals surface area contributed by atoms with E-state index in [1.807, 2.05) is 0 Å². The molecule has 1 aliphatic rings.